The van der Waals surface area contributed by atoms with Gasteiger partial charge in [0, 0.05) is 43.3 Å². The van der Waals surface area contributed by atoms with Crippen LogP contribution in [0.1, 0.15) is 36.9 Å². The van der Waals surface area contributed by atoms with E-state index in [9.17, 15) is 0 Å². The van der Waals surface area contributed by atoms with Gasteiger partial charge in [0.15, 0.2) is 0 Å². The van der Waals surface area contributed by atoms with Gasteiger partial charge < -0.3 is 15.1 Å². The number of hydrogen-bond acceptors (Lipinski definition) is 8. The molecule has 3 aliphatic rings. The Balaban J connectivity index is 1.10. The van der Waals surface area contributed by atoms with Gasteiger partial charge in [-0.25, -0.2) is 4.98 Å². The van der Waals surface area contributed by atoms with Gasteiger partial charge in [0.1, 0.15) is 5.69 Å². The highest BCUT2D eigenvalue weighted by molar-refractivity contribution is 6.30. The monoisotopic (exact) mass is 519 g/mol. The summed E-state index contributed by atoms with van der Waals surface area (Å²) in [5, 5.41) is 8.53. The van der Waals surface area contributed by atoms with E-state index in [1.54, 1.807) is 5.57 Å². The molecule has 4 heterocycles. The minimum absolute atomic E-state index is 0.0580. The van der Waals surface area contributed by atoms with E-state index < -0.39 is 0 Å². The molecule has 0 amide bonds. The first kappa shape index (κ1) is 24.4. The van der Waals surface area contributed by atoms with Gasteiger partial charge in [-0.3, -0.25) is 9.80 Å². The van der Waals surface area contributed by atoms with Gasteiger partial charge in [-0.05, 0) is 75.5 Å². The maximum absolute atomic E-state index is 6.06. The predicted octanol–water partition coefficient (Wildman–Crippen LogP) is 4.55. The number of pyridine rings is 1. The second kappa shape index (κ2) is 10.4. The Morgan fingerprint density at radius 3 is 2.49 bits per heavy atom. The minimum Gasteiger partial charge on any atom is -0.402 e. The smallest absolute Gasteiger partial charge is 0.313 e. The van der Waals surface area contributed by atoms with Crippen molar-refractivity contribution in [3.05, 3.63) is 64.3 Å². The average Bonchev–Trinajstić information content (AvgIpc) is 3.62. The lowest BCUT2D eigenvalue weighted by atomic mass is 9.96. The third-order valence-corrected chi connectivity index (χ3v) is 8.17. The molecule has 9 heteroatoms. The Bertz CT molecular complexity index is 1270. The van der Waals surface area contributed by atoms with E-state index in [1.165, 1.54) is 36.9 Å². The molecule has 6 rings (SSSR count). The Labute approximate surface area is 223 Å². The minimum atomic E-state index is 0.0580. The van der Waals surface area contributed by atoms with Gasteiger partial charge in [0.2, 0.25) is 0 Å². The molecule has 2 fully saturated rings. The third-order valence-electron chi connectivity index (χ3n) is 7.92. The van der Waals surface area contributed by atoms with E-state index in [0.29, 0.717) is 23.7 Å². The van der Waals surface area contributed by atoms with Crippen LogP contribution in [0.25, 0.3) is 11.6 Å². The van der Waals surface area contributed by atoms with Crippen LogP contribution in [-0.2, 0) is 6.54 Å². The van der Waals surface area contributed by atoms with E-state index in [-0.39, 0.29) is 6.01 Å². The van der Waals surface area contributed by atoms with Crippen molar-refractivity contribution in [3.63, 3.8) is 0 Å². The van der Waals surface area contributed by atoms with Gasteiger partial charge in [-0.2, -0.15) is 0 Å². The van der Waals surface area contributed by atoms with Gasteiger partial charge in [-0.1, -0.05) is 40.5 Å². The van der Waals surface area contributed by atoms with E-state index in [2.05, 4.69) is 56.1 Å². The van der Waals surface area contributed by atoms with E-state index in [4.69, 9.17) is 26.7 Å². The number of anilines is 2. The Kier molecular flexibility index (Phi) is 6.88. The number of nitrogens with zero attached hydrogens (tertiary/aromatic N) is 6. The van der Waals surface area contributed by atoms with Gasteiger partial charge in [0.25, 0.3) is 5.89 Å². The number of benzene rings is 1. The van der Waals surface area contributed by atoms with Crippen LogP contribution in [0.2, 0.25) is 5.02 Å². The lowest BCUT2D eigenvalue weighted by molar-refractivity contribution is 0.0630. The fourth-order valence-electron chi connectivity index (χ4n) is 5.89. The number of piperidine rings is 1. The number of rotatable bonds is 7. The summed E-state index contributed by atoms with van der Waals surface area (Å²) >= 11 is 6.06. The molecule has 8 nitrogen and oxygen atoms in total. The summed E-state index contributed by atoms with van der Waals surface area (Å²) in [6.45, 7) is 8.47. The van der Waals surface area contributed by atoms with E-state index >= 15 is 0 Å². The molecule has 0 radical (unpaired) electrons. The largest absolute Gasteiger partial charge is 0.402 e. The number of aromatic nitrogens is 3. The van der Waals surface area contributed by atoms with Crippen LogP contribution in [0, 0.1) is 6.92 Å². The van der Waals surface area contributed by atoms with Crippen molar-refractivity contribution in [2.24, 2.45) is 0 Å². The number of aryl methyl sites for hydroxylation is 1. The molecular weight excluding hydrogens is 486 g/mol. The van der Waals surface area contributed by atoms with Gasteiger partial charge in [0.05, 0.1) is 11.4 Å². The molecule has 0 bridgehead atoms. The molecule has 2 aromatic heterocycles. The standard InChI is InChI=1S/C28H34ClN7O/c1-19-26(9-8-25(31-19)27-32-33-28(30)37-27)35-14-15-36(24(18-35)16-20-2-3-20)23-10-12-34(13-11-23)17-21-4-6-22(29)7-5-21/h2,4-9,23-24H,3,10-18H2,1H3,(H2,30,33)/t24-/m0/s1. The first-order valence-electron chi connectivity index (χ1n) is 13.2. The molecule has 0 spiro atoms. The molecule has 1 aliphatic carbocycles. The molecular formula is C28H34ClN7O. The predicted molar refractivity (Wildman–Crippen MR) is 146 cm³/mol. The normalized spacial score (nSPS) is 21.3. The van der Waals surface area contributed by atoms with Crippen LogP contribution < -0.4 is 10.6 Å². The maximum atomic E-state index is 6.06. The lowest BCUT2D eigenvalue weighted by Crippen LogP contribution is -2.58. The molecule has 2 saturated heterocycles. The Hall–Kier alpha value is -2.94. The molecule has 0 saturated carbocycles. The molecule has 194 valence electrons. The van der Waals surface area contributed by atoms with Crippen molar-refractivity contribution >= 4 is 23.3 Å². The molecule has 2 aliphatic heterocycles. The highest BCUT2D eigenvalue weighted by Crippen LogP contribution is 2.33. The molecule has 1 atom stereocenters. The van der Waals surface area contributed by atoms with Crippen LogP contribution in [-0.4, -0.2) is 69.8 Å². The third kappa shape index (κ3) is 5.66. The zero-order valence-corrected chi connectivity index (χ0v) is 22.1. The number of allylic oxidation sites excluding steroid dienone is 1. The lowest BCUT2D eigenvalue weighted by Gasteiger charge is -2.48. The Morgan fingerprint density at radius 1 is 1.03 bits per heavy atom. The molecule has 2 N–H and O–H groups in total. The summed E-state index contributed by atoms with van der Waals surface area (Å²) in [5.41, 5.74) is 11.4. The molecule has 1 aromatic carbocycles. The second-order valence-corrected chi connectivity index (χ2v) is 10.9. The Morgan fingerprint density at radius 2 is 1.81 bits per heavy atom. The molecule has 3 aromatic rings. The SMILES string of the molecule is Cc1nc(-c2nnc(N)o2)ccc1N1CCN(C2CCN(Cc3ccc(Cl)cc3)CC2)[C@@H](CC2=CC2)C1. The summed E-state index contributed by atoms with van der Waals surface area (Å²) in [6, 6.07) is 13.6. The highest BCUT2D eigenvalue weighted by Gasteiger charge is 2.35. The van der Waals surface area contributed by atoms with Crippen LogP contribution >= 0.6 is 11.6 Å². The number of nitrogen functional groups attached to an aromatic ring is 1. The van der Waals surface area contributed by atoms with E-state index in [1.807, 2.05) is 18.2 Å². The summed E-state index contributed by atoms with van der Waals surface area (Å²) in [7, 11) is 0. The maximum Gasteiger partial charge on any atom is 0.313 e. The molecule has 37 heavy (non-hydrogen) atoms. The zero-order valence-electron chi connectivity index (χ0n) is 21.3. The summed E-state index contributed by atoms with van der Waals surface area (Å²) in [6.07, 6.45) is 7.20. The van der Waals surface area contributed by atoms with Crippen LogP contribution in [0.3, 0.4) is 0 Å². The summed E-state index contributed by atoms with van der Waals surface area (Å²) in [5.74, 6) is 0.359. The quantitative estimate of drug-likeness (QED) is 0.455. The first-order chi connectivity index (χ1) is 18.0. The van der Waals surface area contributed by atoms with Crippen LogP contribution in [0.5, 0.6) is 0 Å². The van der Waals surface area contributed by atoms with Crippen molar-refractivity contribution in [2.75, 3.05) is 43.4 Å². The van der Waals surface area contributed by atoms with Crippen LogP contribution in [0.4, 0.5) is 11.7 Å². The van der Waals surface area contributed by atoms with Crippen molar-refractivity contribution in [1.82, 2.24) is 25.0 Å². The fourth-order valence-corrected chi connectivity index (χ4v) is 6.02. The number of halogens is 1. The zero-order chi connectivity index (χ0) is 25.4. The second-order valence-electron chi connectivity index (χ2n) is 10.5. The van der Waals surface area contributed by atoms with Crippen LogP contribution in [0.15, 0.2) is 52.5 Å². The average molecular weight is 520 g/mol. The van der Waals surface area contributed by atoms with Crippen molar-refractivity contribution in [3.8, 4) is 11.6 Å². The summed E-state index contributed by atoms with van der Waals surface area (Å²) < 4.78 is 5.36. The molecule has 0 unspecified atom stereocenters. The number of piperazine rings is 1. The first-order valence-corrected chi connectivity index (χ1v) is 13.6. The van der Waals surface area contributed by atoms with Crippen molar-refractivity contribution < 1.29 is 4.42 Å². The fraction of sp³-hybridized carbons (Fsp3) is 0.464. The van der Waals surface area contributed by atoms with Gasteiger partial charge in [-0.15, -0.1) is 5.10 Å². The van der Waals surface area contributed by atoms with Crippen molar-refractivity contribution in [1.29, 1.82) is 0 Å². The van der Waals surface area contributed by atoms with Gasteiger partial charge >= 0.3 is 6.01 Å². The van der Waals surface area contributed by atoms with Crippen molar-refractivity contribution in [2.45, 2.75) is 51.2 Å². The number of likely N-dealkylation sites (tertiary alicyclic amines) is 1. The number of hydrogen-bond donors (Lipinski definition) is 1. The number of nitrogens with two attached hydrogens (primary N) is 1. The highest BCUT2D eigenvalue weighted by atomic mass is 35.5. The topological polar surface area (TPSA) is 87.5 Å². The summed E-state index contributed by atoms with van der Waals surface area (Å²) in [4.78, 5) is 12.7. The van der Waals surface area contributed by atoms with E-state index in [0.717, 1.165) is 50.0 Å².